The molecule has 70 valence electrons. The van der Waals surface area contributed by atoms with Crippen LogP contribution in [0.4, 0.5) is 4.79 Å². The topological polar surface area (TPSA) is 40.6 Å². The summed E-state index contributed by atoms with van der Waals surface area (Å²) in [6.45, 7) is 3.03. The van der Waals surface area contributed by atoms with Gasteiger partial charge in [0.2, 0.25) is 5.91 Å². The molecule has 0 aliphatic heterocycles. The summed E-state index contributed by atoms with van der Waals surface area (Å²) in [4.78, 5) is 24.4. The summed E-state index contributed by atoms with van der Waals surface area (Å²) >= 11 is 5.22. The van der Waals surface area contributed by atoms with E-state index in [0.29, 0.717) is 0 Å². The van der Waals surface area contributed by atoms with Crippen molar-refractivity contribution in [1.29, 1.82) is 0 Å². The summed E-state index contributed by atoms with van der Waals surface area (Å²) in [5.74, 6) is -0.351. The molecule has 0 N–H and O–H groups in total. The van der Waals surface area contributed by atoms with Crippen LogP contribution in [-0.2, 0) is 4.79 Å². The van der Waals surface area contributed by atoms with Crippen LogP contribution in [0.3, 0.4) is 0 Å². The second-order valence-electron chi connectivity index (χ2n) is 2.74. The minimum atomic E-state index is -0.747. The van der Waals surface area contributed by atoms with Gasteiger partial charge in [0.05, 0.1) is 6.17 Å². The lowest BCUT2D eigenvalue weighted by Gasteiger charge is -2.28. The number of hydrogen-bond donors (Lipinski definition) is 0. The molecule has 12 heavy (non-hydrogen) atoms. The molecule has 0 bridgehead atoms. The maximum atomic E-state index is 10.9. The van der Waals surface area contributed by atoms with E-state index in [4.69, 9.17) is 11.6 Å². The first-order valence-electron chi connectivity index (χ1n) is 3.53. The van der Waals surface area contributed by atoms with Crippen molar-refractivity contribution in [3.63, 3.8) is 0 Å². The van der Waals surface area contributed by atoms with Gasteiger partial charge in [-0.15, -0.1) is 0 Å². The molecule has 0 rings (SSSR count). The smallest absolute Gasteiger partial charge is 0.289 e. The second-order valence-corrected chi connectivity index (χ2v) is 3.06. The first-order chi connectivity index (χ1) is 5.37. The number of carbonyl (C=O) groups is 2. The van der Waals surface area contributed by atoms with E-state index in [-0.39, 0.29) is 12.1 Å². The van der Waals surface area contributed by atoms with Gasteiger partial charge in [0.1, 0.15) is 0 Å². The predicted molar refractivity (Wildman–Crippen MR) is 46.9 cm³/mol. The van der Waals surface area contributed by atoms with Gasteiger partial charge in [-0.2, -0.15) is 0 Å². The monoisotopic (exact) mass is 192 g/mol. The van der Waals surface area contributed by atoms with Crippen LogP contribution in [0.5, 0.6) is 0 Å². The van der Waals surface area contributed by atoms with Gasteiger partial charge in [0.15, 0.2) is 0 Å². The van der Waals surface area contributed by atoms with E-state index in [1.165, 1.54) is 6.92 Å². The highest BCUT2D eigenvalue weighted by Gasteiger charge is 2.23. The lowest BCUT2D eigenvalue weighted by atomic mass is 10.4. The Kier molecular flexibility index (Phi) is 4.20. The van der Waals surface area contributed by atoms with E-state index in [0.717, 1.165) is 4.90 Å². The molecule has 0 heterocycles. The third-order valence-electron chi connectivity index (χ3n) is 1.65. The highest BCUT2D eigenvalue weighted by atomic mass is 35.5. The largest absolute Gasteiger partial charge is 0.324 e. The van der Waals surface area contributed by atoms with Crippen LogP contribution >= 0.6 is 11.6 Å². The van der Waals surface area contributed by atoms with Crippen molar-refractivity contribution in [1.82, 2.24) is 9.80 Å². The molecule has 0 aliphatic rings. The zero-order valence-electron chi connectivity index (χ0n) is 7.67. The lowest BCUT2D eigenvalue weighted by Crippen LogP contribution is -2.46. The molecule has 1 unspecified atom stereocenters. The first-order valence-corrected chi connectivity index (χ1v) is 3.91. The third kappa shape index (κ3) is 2.79. The second kappa shape index (κ2) is 4.42. The number of hydrogen-bond acceptors (Lipinski definition) is 3. The maximum Gasteiger partial charge on any atom is 0.324 e. The van der Waals surface area contributed by atoms with E-state index >= 15 is 0 Å². The van der Waals surface area contributed by atoms with Gasteiger partial charge in [-0.05, 0) is 32.6 Å². The number of carbonyl (C=O) groups excluding carboxylic acids is 2. The SMILES string of the molecule is CC(=O)N(C(=O)Cl)C(C)N(C)C. The minimum absolute atomic E-state index is 0.313. The Balaban J connectivity index is 4.52. The van der Waals surface area contributed by atoms with Crippen LogP contribution in [0.15, 0.2) is 0 Å². The summed E-state index contributed by atoms with van der Waals surface area (Å²) in [6, 6.07) is 0. The van der Waals surface area contributed by atoms with Crippen molar-refractivity contribution < 1.29 is 9.59 Å². The fourth-order valence-electron chi connectivity index (χ4n) is 0.765. The number of amides is 2. The molecule has 5 heteroatoms. The molecule has 0 aliphatic carbocycles. The molecule has 2 amide bonds. The van der Waals surface area contributed by atoms with E-state index in [1.54, 1.807) is 25.9 Å². The quantitative estimate of drug-likeness (QED) is 0.374. The van der Waals surface area contributed by atoms with Crippen LogP contribution in [0.1, 0.15) is 13.8 Å². The van der Waals surface area contributed by atoms with Crippen LogP contribution in [-0.4, -0.2) is 41.3 Å². The summed E-state index contributed by atoms with van der Waals surface area (Å²) in [5.41, 5.74) is 0. The molecule has 0 spiro atoms. The Morgan fingerprint density at radius 2 is 1.75 bits per heavy atom. The van der Waals surface area contributed by atoms with Crippen LogP contribution in [0.25, 0.3) is 0 Å². The van der Waals surface area contributed by atoms with Crippen molar-refractivity contribution in [2.75, 3.05) is 14.1 Å². The van der Waals surface area contributed by atoms with Gasteiger partial charge >= 0.3 is 5.37 Å². The van der Waals surface area contributed by atoms with Crippen LogP contribution in [0, 0.1) is 0 Å². The molecule has 0 aromatic heterocycles. The molecule has 4 nitrogen and oxygen atoms in total. The molecule has 0 saturated heterocycles. The van der Waals surface area contributed by atoms with Crippen molar-refractivity contribution in [2.45, 2.75) is 20.0 Å². The Hall–Kier alpha value is -0.610. The number of halogens is 1. The minimum Gasteiger partial charge on any atom is -0.289 e. The molecular weight excluding hydrogens is 180 g/mol. The predicted octanol–water partition coefficient (Wildman–Crippen LogP) is 1.10. The van der Waals surface area contributed by atoms with Crippen LogP contribution in [0.2, 0.25) is 0 Å². The van der Waals surface area contributed by atoms with Gasteiger partial charge in [-0.3, -0.25) is 19.4 Å². The van der Waals surface area contributed by atoms with E-state index < -0.39 is 5.37 Å². The van der Waals surface area contributed by atoms with E-state index in [1.807, 2.05) is 0 Å². The normalized spacial score (nSPS) is 12.8. The standard InChI is InChI=1S/C7H13ClN2O2/c1-5(9(3)4)10(6(2)11)7(8)12/h5H,1-4H3. The summed E-state index contributed by atoms with van der Waals surface area (Å²) in [6.07, 6.45) is -0.313. The Morgan fingerprint density at radius 3 is 1.83 bits per heavy atom. The number of rotatable bonds is 2. The Morgan fingerprint density at radius 1 is 1.33 bits per heavy atom. The van der Waals surface area contributed by atoms with Crippen molar-refractivity contribution >= 4 is 22.9 Å². The van der Waals surface area contributed by atoms with Gasteiger partial charge < -0.3 is 0 Å². The molecule has 0 aromatic rings. The average Bonchev–Trinajstić information content (AvgIpc) is 1.85. The van der Waals surface area contributed by atoms with Gasteiger partial charge in [-0.25, -0.2) is 0 Å². The molecule has 0 radical (unpaired) electrons. The van der Waals surface area contributed by atoms with E-state index in [9.17, 15) is 9.59 Å². The first kappa shape index (κ1) is 11.4. The fourth-order valence-corrected chi connectivity index (χ4v) is 1.02. The number of imide groups is 1. The molecule has 1 atom stereocenters. The average molecular weight is 193 g/mol. The summed E-state index contributed by atoms with van der Waals surface area (Å²) in [5, 5.41) is -0.747. The Bertz CT molecular complexity index is 180. The van der Waals surface area contributed by atoms with Gasteiger partial charge in [0.25, 0.3) is 0 Å². The summed E-state index contributed by atoms with van der Waals surface area (Å²) < 4.78 is 0. The van der Waals surface area contributed by atoms with Crippen molar-refractivity contribution in [2.24, 2.45) is 0 Å². The van der Waals surface area contributed by atoms with Crippen molar-refractivity contribution in [3.8, 4) is 0 Å². The molecule has 0 fully saturated rings. The van der Waals surface area contributed by atoms with Crippen molar-refractivity contribution in [3.05, 3.63) is 0 Å². The lowest BCUT2D eigenvalue weighted by molar-refractivity contribution is -0.129. The Labute approximate surface area is 77.1 Å². The maximum absolute atomic E-state index is 10.9. The van der Waals surface area contributed by atoms with E-state index in [2.05, 4.69) is 0 Å². The number of nitrogens with zero attached hydrogens (tertiary/aromatic N) is 2. The zero-order valence-corrected chi connectivity index (χ0v) is 8.42. The molecule has 0 aromatic carbocycles. The highest BCUT2D eigenvalue weighted by Crippen LogP contribution is 2.06. The summed E-state index contributed by atoms with van der Waals surface area (Å²) in [7, 11) is 3.53. The molecule has 0 saturated carbocycles. The molecular formula is C7H13ClN2O2. The van der Waals surface area contributed by atoms with Gasteiger partial charge in [0, 0.05) is 6.92 Å². The zero-order chi connectivity index (χ0) is 9.89. The fraction of sp³-hybridized carbons (Fsp3) is 0.714. The third-order valence-corrected chi connectivity index (χ3v) is 1.83. The van der Waals surface area contributed by atoms with Gasteiger partial charge in [-0.1, -0.05) is 0 Å². The van der Waals surface area contributed by atoms with Crippen LogP contribution < -0.4 is 0 Å². The highest BCUT2D eigenvalue weighted by molar-refractivity contribution is 6.64.